The van der Waals surface area contributed by atoms with E-state index >= 15 is 0 Å². The van der Waals surface area contributed by atoms with E-state index in [0.717, 1.165) is 16.9 Å². The lowest BCUT2D eigenvalue weighted by Crippen LogP contribution is -2.23. The van der Waals surface area contributed by atoms with Crippen LogP contribution >= 0.6 is 11.6 Å². The second-order valence-electron chi connectivity index (χ2n) is 5.65. The second kappa shape index (κ2) is 9.18. The quantitative estimate of drug-likeness (QED) is 0.699. The Bertz CT molecular complexity index is 733. The highest BCUT2D eigenvalue weighted by Gasteiger charge is 2.05. The number of nitrogens with one attached hydrogen (secondary N) is 1. The number of benzene rings is 2. The van der Waals surface area contributed by atoms with E-state index in [4.69, 9.17) is 21.1 Å². The van der Waals surface area contributed by atoms with E-state index in [0.29, 0.717) is 36.8 Å². The maximum Gasteiger partial charge on any atom is 0.220 e. The average molecular weight is 364 g/mol. The van der Waals surface area contributed by atoms with Gasteiger partial charge in [-0.05, 0) is 54.8 Å². The summed E-state index contributed by atoms with van der Waals surface area (Å²) in [5.74, 6) is 1.16. The predicted molar refractivity (Wildman–Crippen MR) is 97.4 cm³/mol. The highest BCUT2D eigenvalue weighted by molar-refractivity contribution is 6.31. The highest BCUT2D eigenvalue weighted by Crippen LogP contribution is 2.26. The summed E-state index contributed by atoms with van der Waals surface area (Å²) in [6, 6.07) is 10.5. The van der Waals surface area contributed by atoms with Crippen molar-refractivity contribution in [3.05, 3.63) is 52.5 Å². The van der Waals surface area contributed by atoms with Gasteiger partial charge in [0.25, 0.3) is 0 Å². The van der Waals surface area contributed by atoms with E-state index in [1.54, 1.807) is 24.3 Å². The minimum absolute atomic E-state index is 0.0528. The molecule has 0 radical (unpaired) electrons. The molecule has 0 saturated carbocycles. The Labute approximate surface area is 152 Å². The summed E-state index contributed by atoms with van der Waals surface area (Å²) in [7, 11) is 1.49. The number of amides is 1. The van der Waals surface area contributed by atoms with Crippen LogP contribution in [0.2, 0.25) is 5.02 Å². The van der Waals surface area contributed by atoms with E-state index in [2.05, 4.69) is 5.32 Å². The molecule has 6 heteroatoms. The molecule has 5 nitrogen and oxygen atoms in total. The number of hydrogen-bond acceptors (Lipinski definition) is 4. The molecule has 0 spiro atoms. The lowest BCUT2D eigenvalue weighted by molar-refractivity contribution is -0.121. The lowest BCUT2D eigenvalue weighted by Gasteiger charge is -2.09. The number of carbonyl (C=O) groups excluding carboxylic acids is 1. The first kappa shape index (κ1) is 18.9. The largest absolute Gasteiger partial charge is 0.504 e. The van der Waals surface area contributed by atoms with Gasteiger partial charge in [-0.1, -0.05) is 17.7 Å². The van der Waals surface area contributed by atoms with Crippen molar-refractivity contribution >= 4 is 17.5 Å². The van der Waals surface area contributed by atoms with Crippen LogP contribution in [-0.4, -0.2) is 24.7 Å². The molecule has 0 aromatic heterocycles. The van der Waals surface area contributed by atoms with Crippen LogP contribution in [0.25, 0.3) is 0 Å². The van der Waals surface area contributed by atoms with Crippen LogP contribution in [0.15, 0.2) is 36.4 Å². The van der Waals surface area contributed by atoms with Crippen LogP contribution in [0, 0.1) is 6.92 Å². The van der Waals surface area contributed by atoms with Crippen molar-refractivity contribution in [2.24, 2.45) is 0 Å². The molecule has 0 unspecified atom stereocenters. The van der Waals surface area contributed by atoms with Crippen molar-refractivity contribution in [2.75, 3.05) is 13.7 Å². The number of phenols is 1. The van der Waals surface area contributed by atoms with Gasteiger partial charge in [-0.3, -0.25) is 4.79 Å². The number of aromatic hydroxyl groups is 1. The number of carbonyl (C=O) groups is 1. The van der Waals surface area contributed by atoms with Crippen molar-refractivity contribution in [1.82, 2.24) is 5.32 Å². The lowest BCUT2D eigenvalue weighted by atomic mass is 10.2. The summed E-state index contributed by atoms with van der Waals surface area (Å²) in [6.45, 7) is 2.76. The van der Waals surface area contributed by atoms with Crippen molar-refractivity contribution in [3.8, 4) is 17.2 Å². The Kier molecular flexibility index (Phi) is 6.95. The molecule has 25 heavy (non-hydrogen) atoms. The summed E-state index contributed by atoms with van der Waals surface area (Å²) in [5, 5.41) is 13.1. The first-order valence-electron chi connectivity index (χ1n) is 8.01. The van der Waals surface area contributed by atoms with Crippen LogP contribution < -0.4 is 14.8 Å². The molecule has 0 aliphatic heterocycles. The molecule has 0 heterocycles. The van der Waals surface area contributed by atoms with Crippen molar-refractivity contribution in [2.45, 2.75) is 26.3 Å². The number of aryl methyl sites for hydroxylation is 1. The summed E-state index contributed by atoms with van der Waals surface area (Å²) in [5.41, 5.74) is 1.82. The van der Waals surface area contributed by atoms with Gasteiger partial charge < -0.3 is 19.9 Å². The number of halogens is 1. The van der Waals surface area contributed by atoms with Gasteiger partial charge in [0, 0.05) is 18.0 Å². The fraction of sp³-hybridized carbons (Fsp3) is 0.316. The van der Waals surface area contributed by atoms with Gasteiger partial charge in [0.1, 0.15) is 5.75 Å². The molecule has 0 bridgehead atoms. The third kappa shape index (κ3) is 5.87. The zero-order valence-corrected chi connectivity index (χ0v) is 15.1. The van der Waals surface area contributed by atoms with Crippen molar-refractivity contribution in [3.63, 3.8) is 0 Å². The zero-order chi connectivity index (χ0) is 18.2. The third-order valence-corrected chi connectivity index (χ3v) is 4.10. The summed E-state index contributed by atoms with van der Waals surface area (Å²) in [6.07, 6.45) is 0.994. The molecule has 2 aromatic rings. The standard InChI is InChI=1S/C19H22ClNO4/c1-13-10-15(6-7-16(13)20)25-9-3-4-19(23)21-12-14-5-8-17(22)18(11-14)24-2/h5-8,10-11,22H,3-4,9,12H2,1-2H3,(H,21,23). The van der Waals surface area contributed by atoms with E-state index in [1.165, 1.54) is 7.11 Å². The number of rotatable bonds is 8. The Balaban J connectivity index is 1.69. The molecule has 2 aromatic carbocycles. The maximum atomic E-state index is 11.9. The van der Waals surface area contributed by atoms with Gasteiger partial charge in [0.05, 0.1) is 13.7 Å². The van der Waals surface area contributed by atoms with Gasteiger partial charge in [-0.2, -0.15) is 0 Å². The molecule has 2 N–H and O–H groups in total. The monoisotopic (exact) mass is 363 g/mol. The van der Waals surface area contributed by atoms with E-state index in [-0.39, 0.29) is 11.7 Å². The smallest absolute Gasteiger partial charge is 0.220 e. The molecule has 0 atom stereocenters. The van der Waals surface area contributed by atoms with Crippen LogP contribution in [-0.2, 0) is 11.3 Å². The number of methoxy groups -OCH3 is 1. The number of ether oxygens (including phenoxy) is 2. The van der Waals surface area contributed by atoms with Gasteiger partial charge in [0.2, 0.25) is 5.91 Å². The van der Waals surface area contributed by atoms with Crippen molar-refractivity contribution in [1.29, 1.82) is 0 Å². The predicted octanol–water partition coefficient (Wildman–Crippen LogP) is 3.84. The SMILES string of the molecule is COc1cc(CNC(=O)CCCOc2ccc(Cl)c(C)c2)ccc1O. The normalized spacial score (nSPS) is 10.4. The molecule has 0 fully saturated rings. The maximum absolute atomic E-state index is 11.9. The minimum Gasteiger partial charge on any atom is -0.504 e. The Hall–Kier alpha value is -2.40. The average Bonchev–Trinajstić information content (AvgIpc) is 2.61. The molecule has 2 rings (SSSR count). The number of phenolic OH excluding ortho intramolecular Hbond substituents is 1. The molecule has 0 saturated heterocycles. The Morgan fingerprint density at radius 2 is 2.04 bits per heavy atom. The van der Waals surface area contributed by atoms with Crippen LogP contribution in [0.4, 0.5) is 0 Å². The van der Waals surface area contributed by atoms with Gasteiger partial charge in [0.15, 0.2) is 11.5 Å². The topological polar surface area (TPSA) is 67.8 Å². The molecule has 134 valence electrons. The first-order valence-corrected chi connectivity index (χ1v) is 8.39. The molecule has 0 aliphatic rings. The van der Waals surface area contributed by atoms with Gasteiger partial charge >= 0.3 is 0 Å². The summed E-state index contributed by atoms with van der Waals surface area (Å²) >= 11 is 5.97. The van der Waals surface area contributed by atoms with Gasteiger partial charge in [-0.25, -0.2) is 0 Å². The summed E-state index contributed by atoms with van der Waals surface area (Å²) in [4.78, 5) is 11.9. The van der Waals surface area contributed by atoms with Crippen LogP contribution in [0.3, 0.4) is 0 Å². The molecular weight excluding hydrogens is 342 g/mol. The third-order valence-electron chi connectivity index (χ3n) is 3.68. The van der Waals surface area contributed by atoms with Crippen molar-refractivity contribution < 1.29 is 19.4 Å². The first-order chi connectivity index (χ1) is 12.0. The molecular formula is C19H22ClNO4. The van der Waals surface area contributed by atoms with Crippen LogP contribution in [0.1, 0.15) is 24.0 Å². The minimum atomic E-state index is -0.0528. The highest BCUT2D eigenvalue weighted by atomic mass is 35.5. The Morgan fingerprint density at radius 3 is 2.76 bits per heavy atom. The van der Waals surface area contributed by atoms with Crippen LogP contribution in [0.5, 0.6) is 17.2 Å². The molecule has 1 amide bonds. The zero-order valence-electron chi connectivity index (χ0n) is 14.3. The van der Waals surface area contributed by atoms with E-state index < -0.39 is 0 Å². The van der Waals surface area contributed by atoms with E-state index in [9.17, 15) is 9.90 Å². The van der Waals surface area contributed by atoms with E-state index in [1.807, 2.05) is 19.1 Å². The fourth-order valence-electron chi connectivity index (χ4n) is 2.25. The molecule has 0 aliphatic carbocycles. The second-order valence-corrected chi connectivity index (χ2v) is 6.05. The Morgan fingerprint density at radius 1 is 1.24 bits per heavy atom. The number of hydrogen-bond donors (Lipinski definition) is 2. The fourth-order valence-corrected chi connectivity index (χ4v) is 2.37. The van der Waals surface area contributed by atoms with Gasteiger partial charge in [-0.15, -0.1) is 0 Å². The summed E-state index contributed by atoms with van der Waals surface area (Å²) < 4.78 is 10.7.